The maximum absolute atomic E-state index is 12.1. The highest BCUT2D eigenvalue weighted by Gasteiger charge is 2.12. The van der Waals surface area contributed by atoms with Gasteiger partial charge in [0.25, 0.3) is 5.56 Å². The molecular weight excluding hydrogens is 330 g/mol. The van der Waals surface area contributed by atoms with Crippen molar-refractivity contribution in [3.8, 4) is 28.4 Å². The first-order valence-electron chi connectivity index (χ1n) is 8.12. The number of nitrogens with zero attached hydrogens (tertiary/aromatic N) is 1. The molecule has 6 nitrogen and oxygen atoms in total. The molecule has 0 atom stereocenters. The molecule has 0 aliphatic carbocycles. The average molecular weight is 351 g/mol. The molecule has 0 fully saturated rings. The van der Waals surface area contributed by atoms with Crippen LogP contribution in [0.3, 0.4) is 0 Å². The van der Waals surface area contributed by atoms with Crippen LogP contribution >= 0.6 is 0 Å². The van der Waals surface area contributed by atoms with E-state index < -0.39 is 0 Å². The van der Waals surface area contributed by atoms with Gasteiger partial charge in [0.2, 0.25) is 0 Å². The number of nitrogens with one attached hydrogen (secondary N) is 1. The molecule has 3 N–H and O–H groups in total. The van der Waals surface area contributed by atoms with Crippen molar-refractivity contribution in [1.29, 1.82) is 0 Å². The third-order valence-electron chi connectivity index (χ3n) is 4.05. The number of aromatic nitrogens is 1. The third kappa shape index (κ3) is 3.49. The molecule has 3 aromatic rings. The summed E-state index contributed by atoms with van der Waals surface area (Å²) in [5.74, 6) is 2.08. The fourth-order valence-electron chi connectivity index (χ4n) is 2.67. The summed E-state index contributed by atoms with van der Waals surface area (Å²) in [7, 11) is 5.05. The Bertz CT molecular complexity index is 979. The zero-order valence-corrected chi connectivity index (χ0v) is 14.9. The van der Waals surface area contributed by atoms with E-state index in [0.29, 0.717) is 22.9 Å². The van der Waals surface area contributed by atoms with Crippen molar-refractivity contribution < 1.29 is 9.47 Å². The van der Waals surface area contributed by atoms with Crippen molar-refractivity contribution in [1.82, 2.24) is 4.57 Å². The summed E-state index contributed by atoms with van der Waals surface area (Å²) in [6.07, 6.45) is 1.76. The molecule has 0 aliphatic heterocycles. The fourth-order valence-corrected chi connectivity index (χ4v) is 2.67. The van der Waals surface area contributed by atoms with E-state index in [2.05, 4.69) is 5.32 Å². The number of hydrogen-bond acceptors (Lipinski definition) is 5. The predicted octanol–water partition coefficient (Wildman–Crippen LogP) is 3.48. The van der Waals surface area contributed by atoms with Gasteiger partial charge in [0.1, 0.15) is 22.9 Å². The summed E-state index contributed by atoms with van der Waals surface area (Å²) in [5, 5.41) is 2.92. The quantitative estimate of drug-likeness (QED) is 0.688. The normalized spacial score (nSPS) is 10.4. The van der Waals surface area contributed by atoms with E-state index in [4.69, 9.17) is 15.2 Å². The molecule has 26 heavy (non-hydrogen) atoms. The fraction of sp³-hybridized carbons (Fsp3) is 0.150. The second-order valence-corrected chi connectivity index (χ2v) is 5.84. The molecule has 1 heterocycles. The number of nitrogen functional groups attached to an aromatic ring is 1. The van der Waals surface area contributed by atoms with Crippen LogP contribution < -0.4 is 26.1 Å². The first-order valence-corrected chi connectivity index (χ1v) is 8.12. The summed E-state index contributed by atoms with van der Waals surface area (Å²) < 4.78 is 12.7. The average Bonchev–Trinajstić information content (AvgIpc) is 2.66. The molecule has 3 rings (SSSR count). The van der Waals surface area contributed by atoms with Crippen LogP contribution in [0, 0.1) is 0 Å². The molecule has 0 saturated carbocycles. The molecule has 0 spiro atoms. The van der Waals surface area contributed by atoms with Crippen LogP contribution in [0.15, 0.2) is 59.5 Å². The van der Waals surface area contributed by atoms with Crippen LogP contribution in [0.4, 0.5) is 11.4 Å². The van der Waals surface area contributed by atoms with Crippen molar-refractivity contribution in [2.75, 3.05) is 25.2 Å². The van der Waals surface area contributed by atoms with E-state index in [0.717, 1.165) is 16.9 Å². The highest BCUT2D eigenvalue weighted by molar-refractivity contribution is 5.76. The number of hydrogen-bond donors (Lipinski definition) is 2. The van der Waals surface area contributed by atoms with Gasteiger partial charge in [-0.3, -0.25) is 4.79 Å². The SMILES string of the molecule is CNc1cc(-c2cc(N)ccc2Oc2ccc(OC)cc2)cn(C)c1=O. The molecule has 134 valence electrons. The Morgan fingerprint density at radius 2 is 1.73 bits per heavy atom. The van der Waals surface area contributed by atoms with E-state index in [1.54, 1.807) is 39.5 Å². The lowest BCUT2D eigenvalue weighted by Crippen LogP contribution is -2.19. The van der Waals surface area contributed by atoms with Crippen molar-refractivity contribution >= 4 is 11.4 Å². The molecule has 0 bridgehead atoms. The topological polar surface area (TPSA) is 78.5 Å². The highest BCUT2D eigenvalue weighted by Crippen LogP contribution is 2.35. The summed E-state index contributed by atoms with van der Waals surface area (Å²) >= 11 is 0. The van der Waals surface area contributed by atoms with Crippen molar-refractivity contribution in [2.24, 2.45) is 7.05 Å². The molecule has 0 aliphatic rings. The van der Waals surface area contributed by atoms with Crippen LogP contribution in [-0.4, -0.2) is 18.7 Å². The van der Waals surface area contributed by atoms with Crippen molar-refractivity contribution in [2.45, 2.75) is 0 Å². The number of anilines is 2. The lowest BCUT2D eigenvalue weighted by Gasteiger charge is -2.14. The second-order valence-electron chi connectivity index (χ2n) is 5.84. The number of rotatable bonds is 5. The minimum atomic E-state index is -0.0993. The molecule has 2 aromatic carbocycles. The number of aryl methyl sites for hydroxylation is 1. The van der Waals surface area contributed by atoms with Gasteiger partial charge in [0.05, 0.1) is 7.11 Å². The van der Waals surface area contributed by atoms with E-state index in [-0.39, 0.29) is 5.56 Å². The summed E-state index contributed by atoms with van der Waals surface area (Å²) in [6.45, 7) is 0. The van der Waals surface area contributed by atoms with Gasteiger partial charge in [-0.05, 0) is 48.5 Å². The summed E-state index contributed by atoms with van der Waals surface area (Å²) in [6, 6.07) is 14.5. The molecule has 0 saturated heterocycles. The zero-order valence-electron chi connectivity index (χ0n) is 14.9. The summed E-state index contributed by atoms with van der Waals surface area (Å²) in [4.78, 5) is 12.1. The maximum atomic E-state index is 12.1. The van der Waals surface area contributed by atoms with Crippen LogP contribution in [0.5, 0.6) is 17.2 Å². The molecule has 6 heteroatoms. The van der Waals surface area contributed by atoms with Gasteiger partial charge < -0.3 is 25.1 Å². The Morgan fingerprint density at radius 1 is 1.04 bits per heavy atom. The number of benzene rings is 2. The first-order chi connectivity index (χ1) is 12.5. The third-order valence-corrected chi connectivity index (χ3v) is 4.05. The number of nitrogens with two attached hydrogens (primary N) is 1. The van der Waals surface area contributed by atoms with Crippen LogP contribution in [0.1, 0.15) is 0 Å². The first kappa shape index (κ1) is 17.4. The van der Waals surface area contributed by atoms with Gasteiger partial charge in [-0.1, -0.05) is 0 Å². The number of ether oxygens (including phenoxy) is 2. The van der Waals surface area contributed by atoms with E-state index in [1.165, 1.54) is 4.57 Å². The predicted molar refractivity (Wildman–Crippen MR) is 104 cm³/mol. The lowest BCUT2D eigenvalue weighted by atomic mass is 10.0. The van der Waals surface area contributed by atoms with E-state index in [1.807, 2.05) is 36.4 Å². The molecular formula is C20H21N3O3. The molecule has 0 unspecified atom stereocenters. The smallest absolute Gasteiger partial charge is 0.273 e. The number of pyridine rings is 1. The monoisotopic (exact) mass is 351 g/mol. The van der Waals surface area contributed by atoms with Gasteiger partial charge in [0, 0.05) is 37.1 Å². The van der Waals surface area contributed by atoms with E-state index >= 15 is 0 Å². The number of methoxy groups -OCH3 is 1. The van der Waals surface area contributed by atoms with Gasteiger partial charge in [0.15, 0.2) is 0 Å². The zero-order chi connectivity index (χ0) is 18.7. The summed E-state index contributed by atoms with van der Waals surface area (Å²) in [5.41, 5.74) is 8.62. The largest absolute Gasteiger partial charge is 0.497 e. The lowest BCUT2D eigenvalue weighted by molar-refractivity contribution is 0.413. The Kier molecular flexibility index (Phi) is 4.84. The maximum Gasteiger partial charge on any atom is 0.273 e. The van der Waals surface area contributed by atoms with Crippen LogP contribution in [0.25, 0.3) is 11.1 Å². The van der Waals surface area contributed by atoms with Crippen molar-refractivity contribution in [3.63, 3.8) is 0 Å². The standard InChI is InChI=1S/C20H21N3O3/c1-22-18-10-13(12-23(2)20(18)24)17-11-14(21)4-9-19(17)26-16-7-5-15(25-3)6-8-16/h4-12,22H,21H2,1-3H3. The van der Waals surface area contributed by atoms with Gasteiger partial charge in [-0.2, -0.15) is 0 Å². The second kappa shape index (κ2) is 7.23. The highest BCUT2D eigenvalue weighted by atomic mass is 16.5. The van der Waals surface area contributed by atoms with Gasteiger partial charge in [-0.25, -0.2) is 0 Å². The van der Waals surface area contributed by atoms with Crippen LogP contribution in [-0.2, 0) is 7.05 Å². The van der Waals surface area contributed by atoms with Gasteiger partial charge >= 0.3 is 0 Å². The Labute approximate surface area is 151 Å². The van der Waals surface area contributed by atoms with Crippen LogP contribution in [0.2, 0.25) is 0 Å². The minimum absolute atomic E-state index is 0.0993. The molecule has 0 radical (unpaired) electrons. The Balaban J connectivity index is 2.06. The Hall–Kier alpha value is -3.41. The molecule has 1 aromatic heterocycles. The van der Waals surface area contributed by atoms with Crippen molar-refractivity contribution in [3.05, 3.63) is 65.1 Å². The Morgan fingerprint density at radius 3 is 2.38 bits per heavy atom. The molecule has 0 amide bonds. The van der Waals surface area contributed by atoms with Gasteiger partial charge in [-0.15, -0.1) is 0 Å². The minimum Gasteiger partial charge on any atom is -0.497 e. The van der Waals surface area contributed by atoms with E-state index in [9.17, 15) is 4.79 Å².